The van der Waals surface area contributed by atoms with E-state index in [4.69, 9.17) is 14.5 Å². The maximum absolute atomic E-state index is 5.46. The van der Waals surface area contributed by atoms with Crippen molar-refractivity contribution in [1.29, 1.82) is 0 Å². The van der Waals surface area contributed by atoms with Crippen molar-refractivity contribution in [3.8, 4) is 11.5 Å². The Morgan fingerprint density at radius 3 is 2.71 bits per heavy atom. The van der Waals surface area contributed by atoms with Gasteiger partial charge in [-0.2, -0.15) is 0 Å². The minimum Gasteiger partial charge on any atom is -0.454 e. The zero-order valence-corrected chi connectivity index (χ0v) is 20.4. The van der Waals surface area contributed by atoms with Crippen molar-refractivity contribution in [2.75, 3.05) is 37.9 Å². The highest BCUT2D eigenvalue weighted by atomic mass is 127. The second-order valence-corrected chi connectivity index (χ2v) is 7.63. The van der Waals surface area contributed by atoms with E-state index in [0.29, 0.717) is 13.3 Å². The molecule has 1 aromatic carbocycles. The van der Waals surface area contributed by atoms with Crippen LogP contribution < -0.4 is 25.0 Å². The number of ether oxygens (including phenoxy) is 2. The summed E-state index contributed by atoms with van der Waals surface area (Å²) in [7, 11) is 0. The van der Waals surface area contributed by atoms with Crippen LogP contribution in [0.25, 0.3) is 0 Å². The van der Waals surface area contributed by atoms with Crippen molar-refractivity contribution >= 4 is 35.8 Å². The minimum atomic E-state index is 0. The van der Waals surface area contributed by atoms with E-state index >= 15 is 0 Å². The van der Waals surface area contributed by atoms with Gasteiger partial charge >= 0.3 is 0 Å². The predicted octanol–water partition coefficient (Wildman–Crippen LogP) is 3.72. The van der Waals surface area contributed by atoms with E-state index in [0.717, 1.165) is 55.9 Å². The Morgan fingerprint density at radius 1 is 1.03 bits per heavy atom. The maximum atomic E-state index is 5.46. The third kappa shape index (κ3) is 6.62. The molecule has 2 aromatic rings. The van der Waals surface area contributed by atoms with E-state index in [1.807, 2.05) is 24.4 Å². The van der Waals surface area contributed by atoms with Crippen LogP contribution in [-0.2, 0) is 13.0 Å². The molecule has 8 heteroatoms. The van der Waals surface area contributed by atoms with E-state index in [9.17, 15) is 0 Å². The fraction of sp³-hybridized carbons (Fsp3) is 0.478. The molecule has 0 bridgehead atoms. The lowest BCUT2D eigenvalue weighted by Crippen LogP contribution is -2.38. The first kappa shape index (κ1) is 23.4. The highest BCUT2D eigenvalue weighted by molar-refractivity contribution is 14.0. The molecule has 0 aliphatic carbocycles. The van der Waals surface area contributed by atoms with Gasteiger partial charge in [0.15, 0.2) is 17.5 Å². The Balaban J connectivity index is 0.00000272. The summed E-state index contributed by atoms with van der Waals surface area (Å²) in [5, 5.41) is 6.75. The zero-order chi connectivity index (χ0) is 20.6. The smallest absolute Gasteiger partial charge is 0.231 e. The third-order valence-electron chi connectivity index (χ3n) is 5.40. The van der Waals surface area contributed by atoms with Crippen molar-refractivity contribution in [1.82, 2.24) is 15.6 Å². The van der Waals surface area contributed by atoms with Gasteiger partial charge in [-0.3, -0.25) is 0 Å². The third-order valence-corrected chi connectivity index (χ3v) is 5.40. The molecule has 1 saturated heterocycles. The van der Waals surface area contributed by atoms with Crippen LogP contribution in [0.5, 0.6) is 11.5 Å². The summed E-state index contributed by atoms with van der Waals surface area (Å²) in [5.41, 5.74) is 2.39. The van der Waals surface area contributed by atoms with Crippen molar-refractivity contribution in [3.05, 3.63) is 47.7 Å². The number of halogens is 1. The second-order valence-electron chi connectivity index (χ2n) is 7.63. The fourth-order valence-corrected chi connectivity index (χ4v) is 3.79. The summed E-state index contributed by atoms with van der Waals surface area (Å²) in [6.45, 7) is 6.83. The van der Waals surface area contributed by atoms with Crippen LogP contribution in [0.2, 0.25) is 0 Å². The predicted molar refractivity (Wildman–Crippen MR) is 135 cm³/mol. The molecule has 3 heterocycles. The van der Waals surface area contributed by atoms with Crippen LogP contribution in [0.3, 0.4) is 0 Å². The number of rotatable bonds is 7. The van der Waals surface area contributed by atoms with Crippen LogP contribution in [0.15, 0.2) is 41.5 Å². The molecular formula is C23H32IN5O2. The fourth-order valence-electron chi connectivity index (χ4n) is 3.79. The lowest BCUT2D eigenvalue weighted by Gasteiger charge is -2.27. The molecule has 7 nitrogen and oxygen atoms in total. The molecule has 2 aliphatic heterocycles. The van der Waals surface area contributed by atoms with Crippen molar-refractivity contribution in [3.63, 3.8) is 0 Å². The first-order valence-corrected chi connectivity index (χ1v) is 10.9. The lowest BCUT2D eigenvalue weighted by atomic mass is 10.1. The highest BCUT2D eigenvalue weighted by Crippen LogP contribution is 2.32. The minimum absolute atomic E-state index is 0. The Morgan fingerprint density at radius 2 is 1.87 bits per heavy atom. The van der Waals surface area contributed by atoms with E-state index in [2.05, 4.69) is 39.6 Å². The van der Waals surface area contributed by atoms with E-state index in [-0.39, 0.29) is 24.0 Å². The lowest BCUT2D eigenvalue weighted by molar-refractivity contribution is 0.174. The highest BCUT2D eigenvalue weighted by Gasteiger charge is 2.13. The van der Waals surface area contributed by atoms with E-state index in [1.165, 1.54) is 30.4 Å². The van der Waals surface area contributed by atoms with Gasteiger partial charge in [0.25, 0.3) is 0 Å². The van der Waals surface area contributed by atoms with Gasteiger partial charge in [-0.05, 0) is 68.0 Å². The number of hydrogen-bond donors (Lipinski definition) is 2. The van der Waals surface area contributed by atoms with Crippen LogP contribution in [0, 0.1) is 0 Å². The number of pyridine rings is 1. The number of fused-ring (bicyclic) bond motifs is 1. The van der Waals surface area contributed by atoms with Crippen LogP contribution in [0.1, 0.15) is 37.3 Å². The maximum Gasteiger partial charge on any atom is 0.231 e. The first-order valence-electron chi connectivity index (χ1n) is 10.9. The van der Waals surface area contributed by atoms with Crippen LogP contribution in [-0.4, -0.2) is 43.9 Å². The van der Waals surface area contributed by atoms with Crippen molar-refractivity contribution in [2.45, 2.75) is 39.2 Å². The normalized spacial score (nSPS) is 15.4. The van der Waals surface area contributed by atoms with Gasteiger partial charge in [0, 0.05) is 32.4 Å². The number of nitrogens with one attached hydrogen (secondary N) is 2. The zero-order valence-electron chi connectivity index (χ0n) is 18.1. The Bertz CT molecular complexity index is 871. The topological polar surface area (TPSA) is 71.0 Å². The SMILES string of the molecule is CCNC(=NCc1ccnc(N2CCCCC2)c1)NCCc1ccc2c(c1)OCO2.I. The second kappa shape index (κ2) is 12.0. The Labute approximate surface area is 201 Å². The molecule has 0 unspecified atom stereocenters. The molecule has 31 heavy (non-hydrogen) atoms. The standard InChI is InChI=1S/C23H31N5O2.HI/c1-2-24-23(26-11-8-18-6-7-20-21(14-18)30-17-29-20)27-16-19-9-10-25-22(15-19)28-12-4-3-5-13-28;/h6-7,9-10,14-15H,2-5,8,11-13,16-17H2,1H3,(H2,24,26,27);1H. The van der Waals surface area contributed by atoms with Gasteiger partial charge in [0.2, 0.25) is 6.79 Å². The molecule has 168 valence electrons. The number of nitrogens with zero attached hydrogens (tertiary/aromatic N) is 3. The van der Waals surface area contributed by atoms with Crippen molar-refractivity contribution in [2.24, 2.45) is 4.99 Å². The number of guanidine groups is 1. The number of aromatic nitrogens is 1. The molecule has 0 radical (unpaired) electrons. The van der Waals surface area contributed by atoms with E-state index in [1.54, 1.807) is 0 Å². The monoisotopic (exact) mass is 537 g/mol. The molecule has 2 N–H and O–H groups in total. The number of benzene rings is 1. The largest absolute Gasteiger partial charge is 0.454 e. The average Bonchev–Trinajstić information content (AvgIpc) is 3.26. The van der Waals surface area contributed by atoms with Crippen LogP contribution >= 0.6 is 24.0 Å². The van der Waals surface area contributed by atoms with Gasteiger partial charge in [-0.25, -0.2) is 9.98 Å². The molecule has 2 aliphatic rings. The molecular weight excluding hydrogens is 505 g/mol. The number of anilines is 1. The number of hydrogen-bond acceptors (Lipinski definition) is 5. The summed E-state index contributed by atoms with van der Waals surface area (Å²) in [6.07, 6.45) is 6.61. The molecule has 4 rings (SSSR count). The summed E-state index contributed by atoms with van der Waals surface area (Å²) >= 11 is 0. The Kier molecular flexibility index (Phi) is 9.05. The van der Waals surface area contributed by atoms with E-state index < -0.39 is 0 Å². The summed E-state index contributed by atoms with van der Waals surface area (Å²) in [5.74, 6) is 3.55. The quantitative estimate of drug-likeness (QED) is 0.319. The van der Waals surface area contributed by atoms with Crippen LogP contribution in [0.4, 0.5) is 5.82 Å². The summed E-state index contributed by atoms with van der Waals surface area (Å²) < 4.78 is 10.8. The van der Waals surface area contributed by atoms with Gasteiger partial charge < -0.3 is 25.0 Å². The molecule has 0 atom stereocenters. The van der Waals surface area contributed by atoms with Gasteiger partial charge in [-0.15, -0.1) is 24.0 Å². The Hall–Kier alpha value is -2.23. The summed E-state index contributed by atoms with van der Waals surface area (Å²) in [6, 6.07) is 10.3. The molecule has 0 saturated carbocycles. The molecule has 1 aromatic heterocycles. The number of piperidine rings is 1. The van der Waals surface area contributed by atoms with Crippen molar-refractivity contribution < 1.29 is 9.47 Å². The molecule has 1 fully saturated rings. The molecule has 0 amide bonds. The molecule has 0 spiro atoms. The van der Waals surface area contributed by atoms with Gasteiger partial charge in [0.05, 0.1) is 6.54 Å². The summed E-state index contributed by atoms with van der Waals surface area (Å²) in [4.78, 5) is 11.7. The average molecular weight is 537 g/mol. The number of aliphatic imine (C=N–C) groups is 1. The van der Waals surface area contributed by atoms with Gasteiger partial charge in [-0.1, -0.05) is 6.07 Å². The van der Waals surface area contributed by atoms with Gasteiger partial charge in [0.1, 0.15) is 5.82 Å². The first-order chi connectivity index (χ1) is 14.8.